The lowest BCUT2D eigenvalue weighted by Gasteiger charge is -2.12. The van der Waals surface area contributed by atoms with Crippen LogP contribution in [0.3, 0.4) is 0 Å². The average Bonchev–Trinajstić information content (AvgIpc) is 2.94. The normalized spacial score (nSPS) is 12.5. The lowest BCUT2D eigenvalue weighted by Crippen LogP contribution is -2.00. The molecule has 3 nitrogen and oxygen atoms in total. The zero-order valence-electron chi connectivity index (χ0n) is 14.2. The summed E-state index contributed by atoms with van der Waals surface area (Å²) in [7, 11) is -3.24. The molecule has 130 valence electrons. The van der Waals surface area contributed by atoms with Crippen LogP contribution in [-0.4, -0.2) is 19.2 Å². The fraction of sp³-hybridized carbons (Fsp3) is 0.100. The zero-order valence-corrected chi connectivity index (χ0v) is 15.1. The Labute approximate surface area is 148 Å². The molecule has 0 aliphatic carbocycles. The number of benzene rings is 1. The molecule has 1 aromatic carbocycles. The molecule has 2 aromatic rings. The van der Waals surface area contributed by atoms with Gasteiger partial charge < -0.3 is 4.57 Å². The van der Waals surface area contributed by atoms with Crippen molar-refractivity contribution >= 4 is 15.5 Å². The van der Waals surface area contributed by atoms with Crippen LogP contribution in [0.5, 0.6) is 0 Å². The number of sulfone groups is 1. The molecule has 25 heavy (non-hydrogen) atoms. The highest BCUT2D eigenvalue weighted by molar-refractivity contribution is 7.90. The van der Waals surface area contributed by atoms with Crippen molar-refractivity contribution in [3.63, 3.8) is 0 Å². The third-order valence-electron chi connectivity index (χ3n) is 3.65. The molecule has 5 heteroatoms. The van der Waals surface area contributed by atoms with E-state index in [1.165, 1.54) is 24.5 Å². The van der Waals surface area contributed by atoms with E-state index in [2.05, 4.69) is 13.2 Å². The molecule has 0 radical (unpaired) electrons. The van der Waals surface area contributed by atoms with Crippen molar-refractivity contribution in [3.05, 3.63) is 85.4 Å². The topological polar surface area (TPSA) is 39.1 Å². The van der Waals surface area contributed by atoms with Crippen molar-refractivity contribution in [2.45, 2.75) is 11.8 Å². The minimum absolute atomic E-state index is 0.265. The van der Waals surface area contributed by atoms with Gasteiger partial charge in [-0.25, -0.2) is 12.8 Å². The van der Waals surface area contributed by atoms with Gasteiger partial charge in [-0.1, -0.05) is 31.4 Å². The van der Waals surface area contributed by atoms with Crippen molar-refractivity contribution in [3.8, 4) is 11.3 Å². The van der Waals surface area contributed by atoms with Crippen molar-refractivity contribution in [1.82, 2.24) is 4.57 Å². The lowest BCUT2D eigenvalue weighted by atomic mass is 10.1. The Bertz CT molecular complexity index is 962. The molecule has 0 amide bonds. The van der Waals surface area contributed by atoms with Gasteiger partial charge >= 0.3 is 0 Å². The molecule has 2 rings (SSSR count). The lowest BCUT2D eigenvalue weighted by molar-refractivity contribution is 0.602. The highest BCUT2D eigenvalue weighted by atomic mass is 32.2. The summed E-state index contributed by atoms with van der Waals surface area (Å²) in [6.45, 7) is 9.36. The van der Waals surface area contributed by atoms with Gasteiger partial charge in [0, 0.05) is 17.6 Å². The minimum Gasteiger partial charge on any atom is -0.315 e. The maximum absolute atomic E-state index is 13.5. The molecule has 0 aliphatic rings. The average molecular weight is 357 g/mol. The molecule has 0 aliphatic heterocycles. The van der Waals surface area contributed by atoms with Crippen molar-refractivity contribution < 1.29 is 12.8 Å². The second-order valence-corrected chi connectivity index (χ2v) is 7.62. The molecule has 1 heterocycles. The van der Waals surface area contributed by atoms with E-state index < -0.39 is 15.7 Å². The standard InChI is InChI=1S/C20H20FNO2S/c1-5-6-18(21)11-7-15(2)22-16(3)8-14-20(22)17-9-12-19(13-10-17)25(4,23)24/h5-14H,1-2H2,3-4H3/b11-7-,18-6+. The quantitative estimate of drug-likeness (QED) is 0.687. The molecular formula is C20H20FNO2S. The highest BCUT2D eigenvalue weighted by Crippen LogP contribution is 2.27. The Balaban J connectivity index is 2.41. The van der Waals surface area contributed by atoms with Gasteiger partial charge in [-0.05, 0) is 55.0 Å². The molecule has 0 saturated heterocycles. The number of rotatable bonds is 6. The predicted octanol–water partition coefficient (Wildman–Crippen LogP) is 4.93. The number of halogens is 1. The summed E-state index contributed by atoms with van der Waals surface area (Å²) in [6.07, 6.45) is 6.71. The molecule has 0 atom stereocenters. The van der Waals surface area contributed by atoms with Gasteiger partial charge in [0.15, 0.2) is 9.84 Å². The minimum atomic E-state index is -3.24. The SMILES string of the molecule is C=C/C=C(F)\C=C/C(=C)n1c(C)ccc1-c1ccc(S(C)(=O)=O)cc1. The van der Waals surface area contributed by atoms with Crippen LogP contribution in [-0.2, 0) is 9.84 Å². The van der Waals surface area contributed by atoms with Crippen molar-refractivity contribution in [2.75, 3.05) is 6.26 Å². The summed E-state index contributed by atoms with van der Waals surface area (Å²) in [5, 5.41) is 0. The van der Waals surface area contributed by atoms with E-state index in [1.54, 1.807) is 30.3 Å². The Morgan fingerprint density at radius 3 is 2.32 bits per heavy atom. The van der Waals surface area contributed by atoms with Crippen LogP contribution in [0.15, 0.2) is 84.6 Å². The Kier molecular flexibility index (Phi) is 5.59. The number of aromatic nitrogens is 1. The second kappa shape index (κ2) is 7.49. The highest BCUT2D eigenvalue weighted by Gasteiger charge is 2.11. The number of aryl methyl sites for hydroxylation is 1. The van der Waals surface area contributed by atoms with Gasteiger partial charge in [-0.2, -0.15) is 0 Å². The van der Waals surface area contributed by atoms with Crippen LogP contribution in [0, 0.1) is 6.92 Å². The molecule has 1 aromatic heterocycles. The van der Waals surface area contributed by atoms with E-state index in [-0.39, 0.29) is 4.90 Å². The van der Waals surface area contributed by atoms with Crippen LogP contribution < -0.4 is 0 Å². The predicted molar refractivity (Wildman–Crippen MR) is 102 cm³/mol. The molecule has 0 spiro atoms. The van der Waals surface area contributed by atoms with Gasteiger partial charge in [-0.15, -0.1) is 0 Å². The van der Waals surface area contributed by atoms with E-state index in [9.17, 15) is 12.8 Å². The largest absolute Gasteiger partial charge is 0.315 e. The summed E-state index contributed by atoms with van der Waals surface area (Å²) in [6, 6.07) is 10.5. The maximum atomic E-state index is 13.5. The Hall–Kier alpha value is -2.66. The smallest absolute Gasteiger partial charge is 0.175 e. The second-order valence-electron chi connectivity index (χ2n) is 5.60. The first-order valence-electron chi connectivity index (χ1n) is 7.58. The third-order valence-corrected chi connectivity index (χ3v) is 4.78. The van der Waals surface area contributed by atoms with Gasteiger partial charge in [0.25, 0.3) is 0 Å². The first-order valence-corrected chi connectivity index (χ1v) is 9.47. The number of nitrogens with zero attached hydrogens (tertiary/aromatic N) is 1. The fourth-order valence-electron chi connectivity index (χ4n) is 2.44. The first kappa shape index (κ1) is 18.7. The van der Waals surface area contributed by atoms with Crippen molar-refractivity contribution in [1.29, 1.82) is 0 Å². The van der Waals surface area contributed by atoms with Crippen molar-refractivity contribution in [2.24, 2.45) is 0 Å². The molecule has 0 fully saturated rings. The summed E-state index contributed by atoms with van der Waals surface area (Å²) in [4.78, 5) is 0.265. The molecular weight excluding hydrogens is 337 g/mol. The summed E-state index contributed by atoms with van der Waals surface area (Å²) in [5.74, 6) is -0.417. The zero-order chi connectivity index (χ0) is 18.6. The Morgan fingerprint density at radius 2 is 1.76 bits per heavy atom. The van der Waals surface area contributed by atoms with E-state index >= 15 is 0 Å². The van der Waals surface area contributed by atoms with Crippen LogP contribution in [0.25, 0.3) is 17.0 Å². The van der Waals surface area contributed by atoms with Crippen LogP contribution in [0.2, 0.25) is 0 Å². The first-order chi connectivity index (χ1) is 11.7. The van der Waals surface area contributed by atoms with Gasteiger partial charge in [0.1, 0.15) is 5.83 Å². The van der Waals surface area contributed by atoms with Gasteiger partial charge in [0.05, 0.1) is 10.6 Å². The van der Waals surface area contributed by atoms with E-state index in [0.29, 0.717) is 5.70 Å². The van der Waals surface area contributed by atoms with E-state index in [0.717, 1.165) is 17.0 Å². The number of hydrogen-bond donors (Lipinski definition) is 0. The molecule has 0 N–H and O–H groups in total. The third kappa shape index (κ3) is 4.45. The Morgan fingerprint density at radius 1 is 1.12 bits per heavy atom. The summed E-state index contributed by atoms with van der Waals surface area (Å²) < 4.78 is 38.5. The van der Waals surface area contributed by atoms with Crippen LogP contribution in [0.4, 0.5) is 4.39 Å². The molecule has 0 saturated carbocycles. The van der Waals surface area contributed by atoms with Crippen LogP contribution in [0.1, 0.15) is 5.69 Å². The van der Waals surface area contributed by atoms with Gasteiger partial charge in [0.2, 0.25) is 0 Å². The molecule has 0 bridgehead atoms. The number of hydrogen-bond acceptors (Lipinski definition) is 2. The summed E-state index contributed by atoms with van der Waals surface area (Å²) in [5.41, 5.74) is 3.22. The summed E-state index contributed by atoms with van der Waals surface area (Å²) >= 11 is 0. The fourth-order valence-corrected chi connectivity index (χ4v) is 3.07. The number of allylic oxidation sites excluding steroid dienone is 6. The maximum Gasteiger partial charge on any atom is 0.175 e. The molecule has 0 unspecified atom stereocenters. The monoisotopic (exact) mass is 357 g/mol. The van der Waals surface area contributed by atoms with E-state index in [4.69, 9.17) is 0 Å². The van der Waals surface area contributed by atoms with E-state index in [1.807, 2.05) is 23.6 Å². The van der Waals surface area contributed by atoms with Gasteiger partial charge in [-0.3, -0.25) is 0 Å². The van der Waals surface area contributed by atoms with Crippen LogP contribution >= 0.6 is 0 Å².